The van der Waals surface area contributed by atoms with Gasteiger partial charge in [-0.2, -0.15) is 0 Å². The highest BCUT2D eigenvalue weighted by molar-refractivity contribution is 5.58. The molecule has 5 nitrogen and oxygen atoms in total. The third kappa shape index (κ3) is 2.95. The molecule has 3 N–H and O–H groups in total. The number of hydrogen-bond acceptors (Lipinski definition) is 5. The van der Waals surface area contributed by atoms with Crippen molar-refractivity contribution in [3.63, 3.8) is 0 Å². The number of anilines is 1. The maximum Gasteiger partial charge on any atom is 0.169 e. The highest BCUT2D eigenvalue weighted by Crippen LogP contribution is 2.36. The molecule has 0 unspecified atom stereocenters. The van der Waals surface area contributed by atoms with Crippen molar-refractivity contribution in [1.82, 2.24) is 0 Å². The average Bonchev–Trinajstić information content (AvgIpc) is 2.49. The number of nitrogens with two attached hydrogens (primary N) is 1. The van der Waals surface area contributed by atoms with Crippen molar-refractivity contribution < 1.29 is 19.3 Å². The zero-order valence-electron chi connectivity index (χ0n) is 11.4. The summed E-state index contributed by atoms with van der Waals surface area (Å²) in [5.74, 6) is 2.18. The molecule has 0 saturated heterocycles. The Balaban J connectivity index is 2.34. The van der Waals surface area contributed by atoms with Gasteiger partial charge in [0, 0.05) is 6.07 Å². The van der Waals surface area contributed by atoms with E-state index in [1.54, 1.807) is 43.5 Å². The van der Waals surface area contributed by atoms with Crippen LogP contribution < -0.4 is 19.9 Å². The number of aliphatic hydroxyl groups is 1. The molecule has 0 fully saturated rings. The van der Waals surface area contributed by atoms with E-state index in [9.17, 15) is 0 Å². The van der Waals surface area contributed by atoms with Crippen LogP contribution in [-0.4, -0.2) is 19.3 Å². The number of methoxy groups -OCH3 is 2. The third-order valence-corrected chi connectivity index (χ3v) is 2.85. The van der Waals surface area contributed by atoms with Crippen molar-refractivity contribution in [3.8, 4) is 23.0 Å². The number of hydrogen-bond donors (Lipinski definition) is 2. The third-order valence-electron chi connectivity index (χ3n) is 2.85. The summed E-state index contributed by atoms with van der Waals surface area (Å²) in [6.07, 6.45) is 0. The maximum absolute atomic E-state index is 9.12. The molecule has 0 aliphatic rings. The summed E-state index contributed by atoms with van der Waals surface area (Å²) in [4.78, 5) is 0. The Morgan fingerprint density at radius 3 is 2.40 bits per heavy atom. The van der Waals surface area contributed by atoms with E-state index in [-0.39, 0.29) is 6.61 Å². The van der Waals surface area contributed by atoms with E-state index in [2.05, 4.69) is 0 Å². The Kier molecular flexibility index (Phi) is 4.32. The minimum atomic E-state index is -0.0576. The second-order valence-corrected chi connectivity index (χ2v) is 4.15. The molecule has 0 radical (unpaired) electrons. The molecule has 0 aliphatic heterocycles. The summed E-state index contributed by atoms with van der Waals surface area (Å²) in [6.45, 7) is -0.0576. The number of rotatable bonds is 5. The lowest BCUT2D eigenvalue weighted by atomic mass is 10.2. The fourth-order valence-electron chi connectivity index (χ4n) is 1.74. The Labute approximate surface area is 117 Å². The van der Waals surface area contributed by atoms with Gasteiger partial charge in [0.2, 0.25) is 0 Å². The van der Waals surface area contributed by atoms with Gasteiger partial charge in [-0.25, -0.2) is 0 Å². The van der Waals surface area contributed by atoms with Crippen LogP contribution in [0.15, 0.2) is 36.4 Å². The maximum atomic E-state index is 9.12. The first kappa shape index (κ1) is 14.0. The molecule has 0 heterocycles. The van der Waals surface area contributed by atoms with Gasteiger partial charge in [0.1, 0.15) is 5.75 Å². The molecule has 0 bridgehead atoms. The van der Waals surface area contributed by atoms with E-state index >= 15 is 0 Å². The molecule has 2 aromatic carbocycles. The summed E-state index contributed by atoms with van der Waals surface area (Å²) in [5.41, 5.74) is 7.12. The number of aliphatic hydroxyl groups excluding tert-OH is 1. The monoisotopic (exact) mass is 275 g/mol. The molecule has 0 amide bonds. The van der Waals surface area contributed by atoms with Crippen LogP contribution in [0.4, 0.5) is 5.69 Å². The first-order valence-electron chi connectivity index (χ1n) is 6.07. The SMILES string of the molecule is COc1ccc(N)c(Oc2ccc(CO)cc2OC)c1. The Bertz CT molecular complexity index is 598. The predicted molar refractivity (Wildman–Crippen MR) is 76.4 cm³/mol. The molecule has 0 aliphatic carbocycles. The van der Waals surface area contributed by atoms with E-state index in [4.69, 9.17) is 25.1 Å². The van der Waals surface area contributed by atoms with E-state index in [1.807, 2.05) is 0 Å². The molecule has 0 saturated carbocycles. The quantitative estimate of drug-likeness (QED) is 0.820. The summed E-state index contributed by atoms with van der Waals surface area (Å²) in [6, 6.07) is 10.4. The van der Waals surface area contributed by atoms with Crippen LogP contribution in [0.2, 0.25) is 0 Å². The lowest BCUT2D eigenvalue weighted by Gasteiger charge is -2.13. The van der Waals surface area contributed by atoms with Crippen LogP contribution >= 0.6 is 0 Å². The Hall–Kier alpha value is -2.40. The summed E-state index contributed by atoms with van der Waals surface area (Å²) in [7, 11) is 3.12. The fraction of sp³-hybridized carbons (Fsp3) is 0.200. The summed E-state index contributed by atoms with van der Waals surface area (Å²) >= 11 is 0. The van der Waals surface area contributed by atoms with Gasteiger partial charge in [0.25, 0.3) is 0 Å². The normalized spacial score (nSPS) is 10.2. The first-order valence-corrected chi connectivity index (χ1v) is 6.07. The standard InChI is InChI=1S/C15H17NO4/c1-18-11-4-5-12(16)14(8-11)20-13-6-3-10(9-17)7-15(13)19-2/h3-8,17H,9,16H2,1-2H3. The zero-order chi connectivity index (χ0) is 14.5. The van der Waals surface area contributed by atoms with Crippen molar-refractivity contribution >= 4 is 5.69 Å². The molecule has 2 rings (SSSR count). The van der Waals surface area contributed by atoms with Crippen LogP contribution in [0.5, 0.6) is 23.0 Å². The van der Waals surface area contributed by atoms with Crippen LogP contribution in [-0.2, 0) is 6.61 Å². The average molecular weight is 275 g/mol. The van der Waals surface area contributed by atoms with Gasteiger partial charge in [-0.05, 0) is 29.8 Å². The van der Waals surface area contributed by atoms with Gasteiger partial charge in [0.15, 0.2) is 17.2 Å². The molecular weight excluding hydrogens is 258 g/mol. The van der Waals surface area contributed by atoms with Crippen molar-refractivity contribution in [1.29, 1.82) is 0 Å². The molecule has 20 heavy (non-hydrogen) atoms. The first-order chi connectivity index (χ1) is 9.67. The topological polar surface area (TPSA) is 73.9 Å². The van der Waals surface area contributed by atoms with Crippen molar-refractivity contribution in [3.05, 3.63) is 42.0 Å². The molecule has 0 spiro atoms. The number of benzene rings is 2. The second kappa shape index (κ2) is 6.16. The molecule has 5 heteroatoms. The van der Waals surface area contributed by atoms with Crippen molar-refractivity contribution in [2.75, 3.05) is 20.0 Å². The minimum Gasteiger partial charge on any atom is -0.497 e. The minimum absolute atomic E-state index is 0.0576. The predicted octanol–water partition coefficient (Wildman–Crippen LogP) is 2.57. The van der Waals surface area contributed by atoms with Gasteiger partial charge >= 0.3 is 0 Å². The number of nitrogen functional groups attached to an aromatic ring is 1. The lowest BCUT2D eigenvalue weighted by molar-refractivity contribution is 0.280. The van der Waals surface area contributed by atoms with Gasteiger partial charge in [-0.1, -0.05) is 6.07 Å². The highest BCUT2D eigenvalue weighted by Gasteiger charge is 2.10. The Morgan fingerprint density at radius 2 is 1.75 bits per heavy atom. The fourth-order valence-corrected chi connectivity index (χ4v) is 1.74. The van der Waals surface area contributed by atoms with E-state index < -0.39 is 0 Å². The van der Waals surface area contributed by atoms with Crippen molar-refractivity contribution in [2.24, 2.45) is 0 Å². The highest BCUT2D eigenvalue weighted by atomic mass is 16.5. The van der Waals surface area contributed by atoms with Crippen molar-refractivity contribution in [2.45, 2.75) is 6.61 Å². The molecule has 0 atom stereocenters. The molecule has 0 aromatic heterocycles. The molecular formula is C15H17NO4. The molecule has 2 aromatic rings. The summed E-state index contributed by atoms with van der Waals surface area (Å²) < 4.78 is 16.2. The van der Waals surface area contributed by atoms with E-state index in [0.29, 0.717) is 28.7 Å². The smallest absolute Gasteiger partial charge is 0.169 e. The molecule has 106 valence electrons. The van der Waals surface area contributed by atoms with Gasteiger partial charge in [0.05, 0.1) is 26.5 Å². The Morgan fingerprint density at radius 1 is 0.950 bits per heavy atom. The van der Waals surface area contributed by atoms with E-state index in [0.717, 1.165) is 5.56 Å². The van der Waals surface area contributed by atoms with Crippen LogP contribution in [0.25, 0.3) is 0 Å². The van der Waals surface area contributed by atoms with Crippen LogP contribution in [0, 0.1) is 0 Å². The van der Waals surface area contributed by atoms with Crippen LogP contribution in [0.1, 0.15) is 5.56 Å². The largest absolute Gasteiger partial charge is 0.497 e. The lowest BCUT2D eigenvalue weighted by Crippen LogP contribution is -1.96. The summed E-state index contributed by atoms with van der Waals surface area (Å²) in [5, 5.41) is 9.12. The van der Waals surface area contributed by atoms with Gasteiger partial charge < -0.3 is 25.1 Å². The van der Waals surface area contributed by atoms with E-state index in [1.165, 1.54) is 7.11 Å². The second-order valence-electron chi connectivity index (χ2n) is 4.15. The van der Waals surface area contributed by atoms with Crippen LogP contribution in [0.3, 0.4) is 0 Å². The van der Waals surface area contributed by atoms with Gasteiger partial charge in [-0.3, -0.25) is 0 Å². The zero-order valence-corrected chi connectivity index (χ0v) is 11.4. The van der Waals surface area contributed by atoms with Gasteiger partial charge in [-0.15, -0.1) is 0 Å². The number of ether oxygens (including phenoxy) is 3.